The Bertz CT molecular complexity index is 1120. The maximum absolute atomic E-state index is 13.0. The summed E-state index contributed by atoms with van der Waals surface area (Å²) in [5, 5.41) is 3.11. The molecule has 32 heavy (non-hydrogen) atoms. The van der Waals surface area contributed by atoms with E-state index >= 15 is 0 Å². The first-order chi connectivity index (χ1) is 15.2. The predicted molar refractivity (Wildman–Crippen MR) is 123 cm³/mol. The van der Waals surface area contributed by atoms with E-state index in [0.29, 0.717) is 10.6 Å². The fourth-order valence-electron chi connectivity index (χ4n) is 3.69. The molecule has 3 rings (SSSR count). The molecule has 174 valence electrons. The molecule has 0 aliphatic heterocycles. The van der Waals surface area contributed by atoms with Gasteiger partial charge in [0, 0.05) is 16.5 Å². The van der Waals surface area contributed by atoms with Crippen LogP contribution in [0.4, 0.5) is 5.00 Å². The van der Waals surface area contributed by atoms with Gasteiger partial charge in [-0.05, 0) is 57.4 Å². The first-order valence-electron chi connectivity index (χ1n) is 10.5. The number of anilines is 1. The van der Waals surface area contributed by atoms with E-state index in [1.807, 2.05) is 6.92 Å². The topological polar surface area (TPSA) is 111 Å². The van der Waals surface area contributed by atoms with Gasteiger partial charge in [-0.2, -0.15) is 0 Å². The van der Waals surface area contributed by atoms with Crippen LogP contribution in [-0.2, 0) is 14.8 Å². The molecule has 0 atom stereocenters. The summed E-state index contributed by atoms with van der Waals surface area (Å²) >= 11 is 1.27. The number of thiophene rings is 1. The zero-order chi connectivity index (χ0) is 23.5. The molecule has 0 spiro atoms. The van der Waals surface area contributed by atoms with Crippen molar-refractivity contribution in [2.24, 2.45) is 0 Å². The molecule has 0 saturated heterocycles. The van der Waals surface area contributed by atoms with Crippen LogP contribution in [0.2, 0.25) is 0 Å². The van der Waals surface area contributed by atoms with Gasteiger partial charge in [0.2, 0.25) is 10.0 Å². The summed E-state index contributed by atoms with van der Waals surface area (Å²) in [6, 6.07) is 4.12. The molecule has 1 amide bonds. The summed E-state index contributed by atoms with van der Waals surface area (Å²) in [7, 11) is -2.49. The monoisotopic (exact) mass is 480 g/mol. The molecule has 1 saturated carbocycles. The number of hydrogen-bond acceptors (Lipinski definition) is 7. The van der Waals surface area contributed by atoms with E-state index in [9.17, 15) is 18.0 Å². The van der Waals surface area contributed by atoms with Crippen molar-refractivity contribution in [2.45, 2.75) is 57.4 Å². The van der Waals surface area contributed by atoms with Crippen LogP contribution in [0, 0.1) is 13.8 Å². The van der Waals surface area contributed by atoms with Crippen LogP contribution in [0.15, 0.2) is 23.1 Å². The van der Waals surface area contributed by atoms with Crippen molar-refractivity contribution in [2.75, 3.05) is 19.0 Å². The average molecular weight is 481 g/mol. The second-order valence-corrected chi connectivity index (χ2v) is 10.5. The van der Waals surface area contributed by atoms with Gasteiger partial charge in [0.25, 0.3) is 5.91 Å². The van der Waals surface area contributed by atoms with Crippen LogP contribution >= 0.6 is 11.3 Å². The summed E-state index contributed by atoms with van der Waals surface area (Å²) in [5.74, 6) is -0.887. The number of aryl methyl sites for hydroxylation is 1. The van der Waals surface area contributed by atoms with Gasteiger partial charge < -0.3 is 14.8 Å². The lowest BCUT2D eigenvalue weighted by Crippen LogP contribution is -2.33. The van der Waals surface area contributed by atoms with Gasteiger partial charge in [-0.25, -0.2) is 17.9 Å². The zero-order valence-corrected chi connectivity index (χ0v) is 20.2. The number of nitrogens with one attached hydrogen (secondary N) is 2. The molecule has 10 heteroatoms. The minimum absolute atomic E-state index is 0.0938. The SMILES string of the molecule is CCOC(=O)c1c(NC(=O)c2ccc(OC)c(S(=O)(=O)NC3CCCC3)c2)sc(C)c1C. The van der Waals surface area contributed by atoms with E-state index in [4.69, 9.17) is 9.47 Å². The lowest BCUT2D eigenvalue weighted by Gasteiger charge is -2.16. The van der Waals surface area contributed by atoms with Gasteiger partial charge >= 0.3 is 5.97 Å². The van der Waals surface area contributed by atoms with Crippen LogP contribution in [0.3, 0.4) is 0 Å². The fourth-order valence-corrected chi connectivity index (χ4v) is 6.24. The first kappa shape index (κ1) is 24.2. The highest BCUT2D eigenvalue weighted by Crippen LogP contribution is 2.34. The molecule has 0 bridgehead atoms. The van der Waals surface area contributed by atoms with Crippen molar-refractivity contribution in [1.29, 1.82) is 0 Å². The molecule has 2 aromatic rings. The van der Waals surface area contributed by atoms with Crippen molar-refractivity contribution in [1.82, 2.24) is 4.72 Å². The third-order valence-electron chi connectivity index (χ3n) is 5.48. The maximum atomic E-state index is 13.0. The number of benzene rings is 1. The summed E-state index contributed by atoms with van der Waals surface area (Å²) < 4.78 is 39.0. The van der Waals surface area contributed by atoms with Crippen molar-refractivity contribution in [3.63, 3.8) is 0 Å². The van der Waals surface area contributed by atoms with Crippen LogP contribution in [0.5, 0.6) is 5.75 Å². The molecule has 0 unspecified atom stereocenters. The molecule has 2 N–H and O–H groups in total. The number of sulfonamides is 1. The van der Waals surface area contributed by atoms with E-state index in [-0.39, 0.29) is 28.9 Å². The van der Waals surface area contributed by atoms with Gasteiger partial charge in [0.15, 0.2) is 0 Å². The highest BCUT2D eigenvalue weighted by atomic mass is 32.2. The molecule has 1 aromatic carbocycles. The average Bonchev–Trinajstić information content (AvgIpc) is 3.35. The number of methoxy groups -OCH3 is 1. The Hall–Kier alpha value is -2.43. The number of esters is 1. The molecular weight excluding hydrogens is 452 g/mol. The molecular formula is C22H28N2O6S2. The van der Waals surface area contributed by atoms with Gasteiger partial charge in [0.05, 0.1) is 19.3 Å². The summed E-state index contributed by atoms with van der Waals surface area (Å²) in [4.78, 5) is 26.1. The fraction of sp³-hybridized carbons (Fsp3) is 0.455. The molecule has 8 nitrogen and oxygen atoms in total. The first-order valence-corrected chi connectivity index (χ1v) is 12.8. The molecule has 1 fully saturated rings. The van der Waals surface area contributed by atoms with E-state index in [1.54, 1.807) is 13.8 Å². The number of ether oxygens (including phenoxy) is 2. The number of rotatable bonds is 8. The highest BCUT2D eigenvalue weighted by molar-refractivity contribution is 7.89. The largest absolute Gasteiger partial charge is 0.495 e. The van der Waals surface area contributed by atoms with Crippen LogP contribution < -0.4 is 14.8 Å². The quantitative estimate of drug-likeness (QED) is 0.552. The summed E-state index contributed by atoms with van der Waals surface area (Å²) in [6.07, 6.45) is 3.54. The lowest BCUT2D eigenvalue weighted by atomic mass is 10.1. The van der Waals surface area contributed by atoms with Gasteiger partial charge in [-0.3, -0.25) is 4.79 Å². The van der Waals surface area contributed by atoms with E-state index < -0.39 is 21.9 Å². The van der Waals surface area contributed by atoms with Gasteiger partial charge in [-0.1, -0.05) is 12.8 Å². The Balaban J connectivity index is 1.91. The Labute approximate surface area is 192 Å². The number of carbonyl (C=O) groups excluding carboxylic acids is 2. The molecule has 1 aromatic heterocycles. The highest BCUT2D eigenvalue weighted by Gasteiger charge is 2.27. The van der Waals surface area contributed by atoms with Crippen LogP contribution in [0.1, 0.15) is 63.8 Å². The standard InChI is InChI=1S/C22H28N2O6S2/c1-5-30-22(26)19-13(2)14(3)31-21(19)23-20(25)15-10-11-17(29-4)18(12-15)32(27,28)24-16-8-6-7-9-16/h10-12,16,24H,5-9H2,1-4H3,(H,23,25). The molecule has 1 aliphatic carbocycles. The second kappa shape index (κ2) is 10.0. The Morgan fingerprint density at radius 3 is 2.50 bits per heavy atom. The Morgan fingerprint density at radius 2 is 1.88 bits per heavy atom. The molecule has 1 aliphatic rings. The second-order valence-electron chi connectivity index (χ2n) is 7.63. The lowest BCUT2D eigenvalue weighted by molar-refractivity contribution is 0.0527. The number of amides is 1. The maximum Gasteiger partial charge on any atom is 0.341 e. The number of hydrogen-bond donors (Lipinski definition) is 2. The minimum atomic E-state index is -3.87. The number of carbonyl (C=O) groups is 2. The third kappa shape index (κ3) is 5.13. The van der Waals surface area contributed by atoms with Gasteiger partial charge in [0.1, 0.15) is 15.6 Å². The Kier molecular flexibility index (Phi) is 7.58. The van der Waals surface area contributed by atoms with Crippen LogP contribution in [-0.4, -0.2) is 40.1 Å². The normalized spacial score (nSPS) is 14.4. The smallest absolute Gasteiger partial charge is 0.341 e. The van der Waals surface area contributed by atoms with E-state index in [0.717, 1.165) is 36.1 Å². The Morgan fingerprint density at radius 1 is 1.19 bits per heavy atom. The third-order valence-corrected chi connectivity index (χ3v) is 8.15. The van der Waals surface area contributed by atoms with Gasteiger partial charge in [-0.15, -0.1) is 11.3 Å². The van der Waals surface area contributed by atoms with Crippen LogP contribution in [0.25, 0.3) is 0 Å². The summed E-state index contributed by atoms with van der Waals surface area (Å²) in [5.41, 5.74) is 1.19. The van der Waals surface area contributed by atoms with Crippen molar-refractivity contribution in [3.05, 3.63) is 39.8 Å². The molecule has 1 heterocycles. The van der Waals surface area contributed by atoms with E-state index in [2.05, 4.69) is 10.0 Å². The summed E-state index contributed by atoms with van der Waals surface area (Å²) in [6.45, 7) is 5.57. The zero-order valence-electron chi connectivity index (χ0n) is 18.6. The van der Waals surface area contributed by atoms with Crippen molar-refractivity contribution < 1.29 is 27.5 Å². The van der Waals surface area contributed by atoms with Crippen molar-refractivity contribution in [3.8, 4) is 5.75 Å². The predicted octanol–water partition coefficient (Wildman–Crippen LogP) is 4.02. The minimum Gasteiger partial charge on any atom is -0.495 e. The van der Waals surface area contributed by atoms with E-state index in [1.165, 1.54) is 36.6 Å². The van der Waals surface area contributed by atoms with Crippen molar-refractivity contribution >= 4 is 38.2 Å². The molecule has 0 radical (unpaired) electrons.